The molecule has 0 heterocycles. The van der Waals surface area contributed by atoms with E-state index in [0.29, 0.717) is 4.47 Å². The summed E-state index contributed by atoms with van der Waals surface area (Å²) in [4.78, 5) is -0.506. The van der Waals surface area contributed by atoms with Gasteiger partial charge in [0, 0.05) is 4.47 Å². The molecule has 0 saturated heterocycles. The van der Waals surface area contributed by atoms with E-state index in [2.05, 4.69) is 15.9 Å². The fourth-order valence-corrected chi connectivity index (χ4v) is 2.34. The minimum Gasteiger partial charge on any atom is -0.225 e. The van der Waals surface area contributed by atoms with E-state index in [1.807, 2.05) is 0 Å². The van der Waals surface area contributed by atoms with Gasteiger partial charge in [0.25, 0.3) is 0 Å². The smallest absolute Gasteiger partial charge is 0.225 e. The highest BCUT2D eigenvalue weighted by Gasteiger charge is 2.30. The van der Waals surface area contributed by atoms with Crippen molar-refractivity contribution in [3.8, 4) is 0 Å². The van der Waals surface area contributed by atoms with Crippen LogP contribution in [0.5, 0.6) is 0 Å². The SMILES string of the molecule is NS(=O)(=O)c1ccc(Br)cc1CC(F)(F)F. The summed E-state index contributed by atoms with van der Waals surface area (Å²) in [7, 11) is -4.14. The summed E-state index contributed by atoms with van der Waals surface area (Å²) >= 11 is 2.97. The predicted octanol–water partition coefficient (Wildman–Crippen LogP) is 2.20. The highest BCUT2D eigenvalue weighted by Crippen LogP contribution is 2.27. The maximum atomic E-state index is 12.2. The molecule has 16 heavy (non-hydrogen) atoms. The lowest BCUT2D eigenvalue weighted by Gasteiger charge is -2.10. The Morgan fingerprint density at radius 1 is 1.31 bits per heavy atom. The first-order valence-corrected chi connectivity index (χ1v) is 6.31. The van der Waals surface area contributed by atoms with Gasteiger partial charge in [-0.3, -0.25) is 0 Å². The molecule has 0 aliphatic rings. The van der Waals surface area contributed by atoms with Crippen molar-refractivity contribution < 1.29 is 21.6 Å². The monoisotopic (exact) mass is 317 g/mol. The van der Waals surface area contributed by atoms with Gasteiger partial charge in [-0.05, 0) is 23.8 Å². The fourth-order valence-electron chi connectivity index (χ4n) is 1.18. The first kappa shape index (κ1) is 13.5. The molecule has 0 amide bonds. The number of alkyl halides is 3. The summed E-state index contributed by atoms with van der Waals surface area (Å²) in [5.41, 5.74) is -0.371. The van der Waals surface area contributed by atoms with Crippen molar-refractivity contribution >= 4 is 26.0 Å². The summed E-state index contributed by atoms with van der Waals surface area (Å²) in [6.07, 6.45) is -5.82. The highest BCUT2D eigenvalue weighted by molar-refractivity contribution is 9.10. The molecule has 8 heteroatoms. The second kappa shape index (κ2) is 4.34. The third kappa shape index (κ3) is 3.76. The molecule has 90 valence electrons. The van der Waals surface area contributed by atoms with Gasteiger partial charge in [0.05, 0.1) is 11.3 Å². The number of nitrogens with two attached hydrogens (primary N) is 1. The highest BCUT2D eigenvalue weighted by atomic mass is 79.9. The molecular weight excluding hydrogens is 311 g/mol. The van der Waals surface area contributed by atoms with Gasteiger partial charge in [0.1, 0.15) is 0 Å². The van der Waals surface area contributed by atoms with Crippen LogP contribution in [0.25, 0.3) is 0 Å². The summed E-state index contributed by atoms with van der Waals surface area (Å²) in [5, 5.41) is 4.82. The second-order valence-corrected chi connectivity index (χ2v) is 5.53. The van der Waals surface area contributed by atoms with Gasteiger partial charge in [-0.2, -0.15) is 13.2 Å². The van der Waals surface area contributed by atoms with Gasteiger partial charge in [-0.25, -0.2) is 13.6 Å². The first-order valence-electron chi connectivity index (χ1n) is 3.97. The van der Waals surface area contributed by atoms with Crippen molar-refractivity contribution in [3.63, 3.8) is 0 Å². The Kier molecular flexibility index (Phi) is 3.65. The average molecular weight is 318 g/mol. The Hall–Kier alpha value is -0.600. The fraction of sp³-hybridized carbons (Fsp3) is 0.250. The number of primary sulfonamides is 1. The zero-order valence-electron chi connectivity index (χ0n) is 7.75. The standard InChI is InChI=1S/C8H7BrF3NO2S/c9-6-1-2-7(16(13,14)15)5(3-6)4-8(10,11)12/h1-3H,4H2,(H2,13,14,15). The van der Waals surface area contributed by atoms with E-state index in [0.717, 1.165) is 12.1 Å². The van der Waals surface area contributed by atoms with E-state index >= 15 is 0 Å². The molecule has 0 fully saturated rings. The molecule has 0 aliphatic heterocycles. The van der Waals surface area contributed by atoms with E-state index in [-0.39, 0.29) is 5.56 Å². The van der Waals surface area contributed by atoms with Gasteiger partial charge < -0.3 is 0 Å². The molecule has 0 saturated carbocycles. The number of halogens is 4. The summed E-state index contributed by atoms with van der Waals surface area (Å²) < 4.78 is 59.0. The van der Waals surface area contributed by atoms with Crippen LogP contribution in [-0.2, 0) is 16.4 Å². The van der Waals surface area contributed by atoms with Crippen LogP contribution in [0.1, 0.15) is 5.56 Å². The number of benzene rings is 1. The predicted molar refractivity (Wildman–Crippen MR) is 55.3 cm³/mol. The number of sulfonamides is 1. The van der Waals surface area contributed by atoms with Gasteiger partial charge in [-0.1, -0.05) is 15.9 Å². The lowest BCUT2D eigenvalue weighted by molar-refractivity contribution is -0.127. The Labute approximate surface area is 98.6 Å². The first-order chi connectivity index (χ1) is 7.09. The summed E-state index contributed by atoms with van der Waals surface area (Å²) in [5.74, 6) is 0. The van der Waals surface area contributed by atoms with E-state index in [1.165, 1.54) is 6.07 Å². The van der Waals surface area contributed by atoms with Crippen molar-refractivity contribution in [2.75, 3.05) is 0 Å². The molecule has 3 nitrogen and oxygen atoms in total. The lowest BCUT2D eigenvalue weighted by atomic mass is 10.1. The minimum atomic E-state index is -4.49. The van der Waals surface area contributed by atoms with Gasteiger partial charge in [0.15, 0.2) is 0 Å². The maximum Gasteiger partial charge on any atom is 0.393 e. The number of rotatable bonds is 2. The zero-order valence-corrected chi connectivity index (χ0v) is 10.2. The molecule has 0 aliphatic carbocycles. The molecule has 0 radical (unpaired) electrons. The van der Waals surface area contributed by atoms with E-state index < -0.39 is 27.5 Å². The largest absolute Gasteiger partial charge is 0.393 e. The van der Waals surface area contributed by atoms with Crippen LogP contribution in [0, 0.1) is 0 Å². The van der Waals surface area contributed by atoms with E-state index in [4.69, 9.17) is 5.14 Å². The van der Waals surface area contributed by atoms with Crippen LogP contribution in [0.3, 0.4) is 0 Å². The molecule has 0 atom stereocenters. The number of hydrogen-bond donors (Lipinski definition) is 1. The molecule has 0 unspecified atom stereocenters. The van der Waals surface area contributed by atoms with Crippen LogP contribution in [0.2, 0.25) is 0 Å². The van der Waals surface area contributed by atoms with Gasteiger partial charge in [-0.15, -0.1) is 0 Å². The average Bonchev–Trinajstić information content (AvgIpc) is 1.97. The molecule has 1 aromatic carbocycles. The Morgan fingerprint density at radius 3 is 2.31 bits per heavy atom. The maximum absolute atomic E-state index is 12.2. The summed E-state index contributed by atoms with van der Waals surface area (Å²) in [6.45, 7) is 0. The molecule has 0 bridgehead atoms. The van der Waals surface area contributed by atoms with Crippen LogP contribution in [0.15, 0.2) is 27.6 Å². The number of hydrogen-bond acceptors (Lipinski definition) is 2. The van der Waals surface area contributed by atoms with Crippen molar-refractivity contribution in [1.82, 2.24) is 0 Å². The van der Waals surface area contributed by atoms with Crippen LogP contribution in [0.4, 0.5) is 13.2 Å². The zero-order chi connectivity index (χ0) is 12.6. The van der Waals surface area contributed by atoms with Gasteiger partial charge in [0.2, 0.25) is 10.0 Å². The molecule has 0 spiro atoms. The van der Waals surface area contributed by atoms with Crippen molar-refractivity contribution in [3.05, 3.63) is 28.2 Å². The van der Waals surface area contributed by atoms with Gasteiger partial charge >= 0.3 is 6.18 Å². The van der Waals surface area contributed by atoms with Crippen molar-refractivity contribution in [2.45, 2.75) is 17.5 Å². The third-order valence-corrected chi connectivity index (χ3v) is 3.22. The van der Waals surface area contributed by atoms with E-state index in [1.54, 1.807) is 0 Å². The quantitative estimate of drug-likeness (QED) is 0.909. The summed E-state index contributed by atoms with van der Waals surface area (Å²) in [6, 6.07) is 3.45. The Morgan fingerprint density at radius 2 is 1.88 bits per heavy atom. The minimum absolute atomic E-state index is 0.360. The topological polar surface area (TPSA) is 60.2 Å². The molecule has 1 aromatic rings. The third-order valence-electron chi connectivity index (χ3n) is 1.72. The van der Waals surface area contributed by atoms with Crippen LogP contribution >= 0.6 is 15.9 Å². The molecule has 0 aromatic heterocycles. The van der Waals surface area contributed by atoms with Crippen LogP contribution in [-0.4, -0.2) is 14.6 Å². The normalized spacial score (nSPS) is 12.8. The lowest BCUT2D eigenvalue weighted by Crippen LogP contribution is -2.18. The molecular formula is C8H7BrF3NO2S. The van der Waals surface area contributed by atoms with Crippen LogP contribution < -0.4 is 5.14 Å². The Bertz CT molecular complexity index is 498. The second-order valence-electron chi connectivity index (χ2n) is 3.09. The van der Waals surface area contributed by atoms with E-state index in [9.17, 15) is 21.6 Å². The Balaban J connectivity index is 3.30. The molecule has 2 N–H and O–H groups in total. The molecule has 1 rings (SSSR count). The van der Waals surface area contributed by atoms with Crippen molar-refractivity contribution in [2.24, 2.45) is 5.14 Å². The van der Waals surface area contributed by atoms with Crippen molar-refractivity contribution in [1.29, 1.82) is 0 Å².